The Morgan fingerprint density at radius 3 is 2.69 bits per heavy atom. The van der Waals surface area contributed by atoms with Crippen molar-refractivity contribution in [2.75, 3.05) is 32.6 Å². The van der Waals surface area contributed by atoms with Crippen LogP contribution in [0.25, 0.3) is 0 Å². The van der Waals surface area contributed by atoms with Gasteiger partial charge in [0.25, 0.3) is 5.91 Å². The summed E-state index contributed by atoms with van der Waals surface area (Å²) in [4.78, 5) is 14.9. The van der Waals surface area contributed by atoms with Crippen molar-refractivity contribution < 1.29 is 23.2 Å². The monoisotopic (exact) mass is 439 g/mol. The Bertz CT molecular complexity index is 1080. The molecule has 1 aliphatic rings. The summed E-state index contributed by atoms with van der Waals surface area (Å²) in [7, 11) is 3.09. The van der Waals surface area contributed by atoms with Gasteiger partial charge in [-0.15, -0.1) is 0 Å². The summed E-state index contributed by atoms with van der Waals surface area (Å²) < 4.78 is 29.2. The topological polar surface area (TPSA) is 76.8 Å². The number of amides is 1. The molecule has 4 rings (SSSR count). The van der Waals surface area contributed by atoms with E-state index in [1.807, 2.05) is 6.07 Å². The molecule has 1 N–H and O–H groups in total. The van der Waals surface area contributed by atoms with Crippen molar-refractivity contribution in [3.63, 3.8) is 0 Å². The lowest BCUT2D eigenvalue weighted by Gasteiger charge is -2.31. The third kappa shape index (κ3) is 5.08. The maximum atomic E-state index is 13.4. The van der Waals surface area contributed by atoms with Crippen molar-refractivity contribution in [3.8, 4) is 11.5 Å². The summed E-state index contributed by atoms with van der Waals surface area (Å²) in [6, 6.07) is 13.6. The van der Waals surface area contributed by atoms with Gasteiger partial charge in [0.1, 0.15) is 17.3 Å². The molecule has 3 aromatic rings. The van der Waals surface area contributed by atoms with Crippen LogP contribution in [-0.4, -0.2) is 43.3 Å². The summed E-state index contributed by atoms with van der Waals surface area (Å²) in [6.07, 6.45) is 1.80. The van der Waals surface area contributed by atoms with Gasteiger partial charge in [-0.1, -0.05) is 17.3 Å². The molecule has 7 nitrogen and oxygen atoms in total. The molecule has 1 aliphatic heterocycles. The molecule has 1 aromatic heterocycles. The third-order valence-corrected chi connectivity index (χ3v) is 5.71. The number of halogens is 1. The summed E-state index contributed by atoms with van der Waals surface area (Å²) in [5.74, 6) is 0.891. The normalized spacial score (nSPS) is 14.8. The van der Waals surface area contributed by atoms with Crippen LogP contribution >= 0.6 is 0 Å². The van der Waals surface area contributed by atoms with Gasteiger partial charge in [-0.05, 0) is 55.8 Å². The molecule has 2 aromatic carbocycles. The fourth-order valence-electron chi connectivity index (χ4n) is 3.95. The summed E-state index contributed by atoms with van der Waals surface area (Å²) in [6.45, 7) is 2.47. The molecule has 1 amide bonds. The number of rotatable bonds is 7. The smallest absolute Gasteiger partial charge is 0.294 e. The zero-order valence-corrected chi connectivity index (χ0v) is 18.1. The minimum absolute atomic E-state index is 0.153. The van der Waals surface area contributed by atoms with Crippen molar-refractivity contribution in [1.82, 2.24) is 10.1 Å². The SMILES string of the molecule is COc1ccc(NC(=O)c2cc(C3CCN(Cc4cccc(F)c4)CC3)no2)c(OC)c1. The van der Waals surface area contributed by atoms with Crippen LogP contribution in [0.2, 0.25) is 0 Å². The average molecular weight is 439 g/mol. The van der Waals surface area contributed by atoms with Crippen molar-refractivity contribution in [2.24, 2.45) is 0 Å². The maximum absolute atomic E-state index is 13.4. The van der Waals surface area contributed by atoms with E-state index in [1.54, 1.807) is 43.5 Å². The van der Waals surface area contributed by atoms with Crippen molar-refractivity contribution in [1.29, 1.82) is 0 Å². The number of hydrogen-bond acceptors (Lipinski definition) is 6. The number of aromatic nitrogens is 1. The van der Waals surface area contributed by atoms with Crippen molar-refractivity contribution in [3.05, 3.63) is 71.4 Å². The molecule has 8 heteroatoms. The molecule has 0 bridgehead atoms. The molecule has 0 saturated carbocycles. The highest BCUT2D eigenvalue weighted by molar-refractivity contribution is 6.03. The van der Waals surface area contributed by atoms with E-state index in [-0.39, 0.29) is 17.5 Å². The van der Waals surface area contributed by atoms with Gasteiger partial charge >= 0.3 is 0 Å². The number of ether oxygens (including phenoxy) is 2. The molecule has 0 aliphatic carbocycles. The van der Waals surface area contributed by atoms with Crippen LogP contribution in [0.5, 0.6) is 11.5 Å². The zero-order chi connectivity index (χ0) is 22.5. The Kier molecular flexibility index (Phi) is 6.70. The molecule has 0 radical (unpaired) electrons. The van der Waals surface area contributed by atoms with Gasteiger partial charge in [-0.3, -0.25) is 9.69 Å². The minimum atomic E-state index is -0.393. The van der Waals surface area contributed by atoms with Crippen molar-refractivity contribution in [2.45, 2.75) is 25.3 Å². The van der Waals surface area contributed by atoms with Crippen LogP contribution < -0.4 is 14.8 Å². The lowest BCUT2D eigenvalue weighted by Crippen LogP contribution is -2.32. The molecule has 1 saturated heterocycles. The Balaban J connectivity index is 1.34. The Morgan fingerprint density at radius 2 is 1.97 bits per heavy atom. The predicted molar refractivity (Wildman–Crippen MR) is 118 cm³/mol. The Labute approximate surface area is 186 Å². The number of carbonyl (C=O) groups is 1. The zero-order valence-electron chi connectivity index (χ0n) is 18.1. The summed E-state index contributed by atoms with van der Waals surface area (Å²) in [5, 5.41) is 6.93. The summed E-state index contributed by atoms with van der Waals surface area (Å²) in [5.41, 5.74) is 2.27. The highest BCUT2D eigenvalue weighted by Gasteiger charge is 2.25. The predicted octanol–water partition coefficient (Wildman–Crippen LogP) is 4.46. The van der Waals surface area contributed by atoms with E-state index in [2.05, 4.69) is 15.4 Å². The van der Waals surface area contributed by atoms with E-state index >= 15 is 0 Å². The quantitative estimate of drug-likeness (QED) is 0.586. The van der Waals surface area contributed by atoms with Crippen LogP contribution in [0.3, 0.4) is 0 Å². The van der Waals surface area contributed by atoms with Gasteiger partial charge in [0.15, 0.2) is 0 Å². The fraction of sp³-hybridized carbons (Fsp3) is 0.333. The lowest BCUT2D eigenvalue weighted by atomic mass is 9.93. The number of nitrogens with zero attached hydrogens (tertiary/aromatic N) is 2. The summed E-state index contributed by atoms with van der Waals surface area (Å²) >= 11 is 0. The molecular weight excluding hydrogens is 413 g/mol. The van der Waals surface area contributed by atoms with Crippen LogP contribution in [0.1, 0.15) is 40.6 Å². The minimum Gasteiger partial charge on any atom is -0.497 e. The second-order valence-electron chi connectivity index (χ2n) is 7.82. The first kappa shape index (κ1) is 21.8. The number of carbonyl (C=O) groups excluding carboxylic acids is 1. The van der Waals surface area contributed by atoms with E-state index in [9.17, 15) is 9.18 Å². The largest absolute Gasteiger partial charge is 0.497 e. The van der Waals surface area contributed by atoms with Gasteiger partial charge < -0.3 is 19.3 Å². The molecule has 0 atom stereocenters. The lowest BCUT2D eigenvalue weighted by molar-refractivity contribution is 0.0987. The molecule has 32 heavy (non-hydrogen) atoms. The van der Waals surface area contributed by atoms with E-state index in [1.165, 1.54) is 13.2 Å². The standard InChI is InChI=1S/C24H26FN3O4/c1-30-19-6-7-20(22(13-19)31-2)26-24(29)23-14-21(27-32-23)17-8-10-28(11-9-17)15-16-4-3-5-18(25)12-16/h3-7,12-14,17H,8-11,15H2,1-2H3,(H,26,29). The first-order valence-electron chi connectivity index (χ1n) is 10.5. The number of methoxy groups -OCH3 is 2. The van der Waals surface area contributed by atoms with Crippen LogP contribution in [0.4, 0.5) is 10.1 Å². The number of nitrogens with one attached hydrogen (secondary N) is 1. The van der Waals surface area contributed by atoms with E-state index < -0.39 is 5.91 Å². The number of benzene rings is 2. The molecular formula is C24H26FN3O4. The number of likely N-dealkylation sites (tertiary alicyclic amines) is 1. The fourth-order valence-corrected chi connectivity index (χ4v) is 3.95. The molecule has 0 spiro atoms. The van der Waals surface area contributed by atoms with Crippen molar-refractivity contribution >= 4 is 11.6 Å². The average Bonchev–Trinajstić information content (AvgIpc) is 3.30. The van der Waals surface area contributed by atoms with Gasteiger partial charge in [-0.2, -0.15) is 0 Å². The molecule has 0 unspecified atom stereocenters. The van der Waals surface area contributed by atoms with Gasteiger partial charge in [0.2, 0.25) is 5.76 Å². The Hall–Kier alpha value is -3.39. The van der Waals surface area contributed by atoms with Gasteiger partial charge in [0, 0.05) is 24.6 Å². The molecule has 1 fully saturated rings. The first-order chi connectivity index (χ1) is 15.6. The first-order valence-corrected chi connectivity index (χ1v) is 10.5. The number of piperidine rings is 1. The number of hydrogen-bond donors (Lipinski definition) is 1. The Morgan fingerprint density at radius 1 is 1.16 bits per heavy atom. The highest BCUT2D eigenvalue weighted by atomic mass is 19.1. The highest BCUT2D eigenvalue weighted by Crippen LogP contribution is 2.31. The second kappa shape index (κ2) is 9.82. The second-order valence-corrected chi connectivity index (χ2v) is 7.82. The van der Waals surface area contributed by atoms with Gasteiger partial charge in [0.05, 0.1) is 25.6 Å². The maximum Gasteiger partial charge on any atom is 0.294 e. The van der Waals surface area contributed by atoms with Crippen LogP contribution in [-0.2, 0) is 6.54 Å². The van der Waals surface area contributed by atoms with E-state index in [4.69, 9.17) is 14.0 Å². The third-order valence-electron chi connectivity index (χ3n) is 5.71. The van der Waals surface area contributed by atoms with Crippen LogP contribution in [0, 0.1) is 5.82 Å². The van der Waals surface area contributed by atoms with Gasteiger partial charge in [-0.25, -0.2) is 4.39 Å². The van der Waals surface area contributed by atoms with Crippen LogP contribution in [0.15, 0.2) is 53.1 Å². The van der Waals surface area contributed by atoms with E-state index in [0.29, 0.717) is 17.2 Å². The molecule has 168 valence electrons. The van der Waals surface area contributed by atoms with E-state index in [0.717, 1.165) is 43.7 Å². The number of anilines is 1. The molecule has 2 heterocycles.